The SMILES string of the molecule is CC(C)[C@H]1CN(S(C)(=O)=O)C[C@@H]1NC(=O)CCc1cccc(F)c1. The van der Waals surface area contributed by atoms with E-state index in [1.54, 1.807) is 12.1 Å². The highest BCUT2D eigenvalue weighted by Gasteiger charge is 2.39. The van der Waals surface area contributed by atoms with E-state index in [9.17, 15) is 17.6 Å². The van der Waals surface area contributed by atoms with E-state index in [1.165, 1.54) is 22.7 Å². The lowest BCUT2D eigenvalue weighted by Crippen LogP contribution is -2.42. The highest BCUT2D eigenvalue weighted by molar-refractivity contribution is 7.88. The van der Waals surface area contributed by atoms with Crippen LogP contribution in [0.4, 0.5) is 4.39 Å². The van der Waals surface area contributed by atoms with Crippen molar-refractivity contribution in [3.63, 3.8) is 0 Å². The third kappa shape index (κ3) is 5.01. The number of aryl methyl sites for hydroxylation is 1. The molecule has 1 amide bonds. The second-order valence-electron chi connectivity index (χ2n) is 6.79. The summed E-state index contributed by atoms with van der Waals surface area (Å²) in [6.07, 6.45) is 1.90. The van der Waals surface area contributed by atoms with Crippen molar-refractivity contribution in [1.82, 2.24) is 9.62 Å². The minimum absolute atomic E-state index is 0.0952. The van der Waals surface area contributed by atoms with Gasteiger partial charge in [-0.2, -0.15) is 4.31 Å². The summed E-state index contributed by atoms with van der Waals surface area (Å²) in [6, 6.07) is 6.02. The second kappa shape index (κ2) is 7.61. The van der Waals surface area contributed by atoms with Gasteiger partial charge in [-0.1, -0.05) is 26.0 Å². The summed E-state index contributed by atoms with van der Waals surface area (Å²) in [5, 5.41) is 2.96. The Kier molecular flexibility index (Phi) is 5.98. The van der Waals surface area contributed by atoms with E-state index in [-0.39, 0.29) is 36.0 Å². The van der Waals surface area contributed by atoms with E-state index in [1.807, 2.05) is 13.8 Å². The van der Waals surface area contributed by atoms with E-state index in [0.717, 1.165) is 5.56 Å². The molecule has 2 rings (SSSR count). The molecular weight excluding hydrogens is 331 g/mol. The number of hydrogen-bond acceptors (Lipinski definition) is 3. The van der Waals surface area contributed by atoms with Crippen molar-refractivity contribution in [1.29, 1.82) is 0 Å². The smallest absolute Gasteiger partial charge is 0.220 e. The number of halogens is 1. The number of hydrogen-bond donors (Lipinski definition) is 1. The Morgan fingerprint density at radius 3 is 2.67 bits per heavy atom. The van der Waals surface area contributed by atoms with Crippen LogP contribution in [0.2, 0.25) is 0 Å². The maximum Gasteiger partial charge on any atom is 0.220 e. The van der Waals surface area contributed by atoms with Crippen LogP contribution >= 0.6 is 0 Å². The molecule has 1 aromatic rings. The predicted molar refractivity (Wildman–Crippen MR) is 91.4 cm³/mol. The molecule has 24 heavy (non-hydrogen) atoms. The summed E-state index contributed by atoms with van der Waals surface area (Å²) in [5.74, 6) is -0.0826. The van der Waals surface area contributed by atoms with Crippen LogP contribution in [0.3, 0.4) is 0 Å². The third-order valence-corrected chi connectivity index (χ3v) is 5.77. The molecule has 0 unspecified atom stereocenters. The normalized spacial score (nSPS) is 22.0. The van der Waals surface area contributed by atoms with Crippen LogP contribution in [0.5, 0.6) is 0 Å². The largest absolute Gasteiger partial charge is 0.352 e. The number of amides is 1. The molecule has 1 aromatic carbocycles. The molecule has 2 atom stereocenters. The van der Waals surface area contributed by atoms with Crippen molar-refractivity contribution in [2.75, 3.05) is 19.3 Å². The number of rotatable bonds is 6. The van der Waals surface area contributed by atoms with Gasteiger partial charge in [0.05, 0.1) is 6.26 Å². The van der Waals surface area contributed by atoms with Gasteiger partial charge in [-0.05, 0) is 36.0 Å². The van der Waals surface area contributed by atoms with Crippen LogP contribution < -0.4 is 5.32 Å². The number of sulfonamides is 1. The van der Waals surface area contributed by atoms with Gasteiger partial charge in [-0.25, -0.2) is 12.8 Å². The molecule has 134 valence electrons. The second-order valence-corrected chi connectivity index (χ2v) is 8.77. The molecule has 5 nitrogen and oxygen atoms in total. The zero-order chi connectivity index (χ0) is 17.9. The van der Waals surface area contributed by atoms with Crippen molar-refractivity contribution < 1.29 is 17.6 Å². The Labute approximate surface area is 143 Å². The molecule has 0 aromatic heterocycles. The Balaban J connectivity index is 1.94. The van der Waals surface area contributed by atoms with Gasteiger partial charge in [0.1, 0.15) is 5.82 Å². The third-order valence-electron chi connectivity index (χ3n) is 4.53. The van der Waals surface area contributed by atoms with Gasteiger partial charge in [-0.3, -0.25) is 4.79 Å². The van der Waals surface area contributed by atoms with Crippen LogP contribution in [0.1, 0.15) is 25.8 Å². The van der Waals surface area contributed by atoms with E-state index in [4.69, 9.17) is 0 Å². The lowest BCUT2D eigenvalue weighted by molar-refractivity contribution is -0.122. The van der Waals surface area contributed by atoms with Gasteiger partial charge in [0.15, 0.2) is 0 Å². The first-order valence-electron chi connectivity index (χ1n) is 8.15. The topological polar surface area (TPSA) is 66.5 Å². The molecule has 1 heterocycles. The summed E-state index contributed by atoms with van der Waals surface area (Å²) >= 11 is 0. The van der Waals surface area contributed by atoms with Crippen molar-refractivity contribution >= 4 is 15.9 Å². The molecule has 0 radical (unpaired) electrons. The predicted octanol–water partition coefficient (Wildman–Crippen LogP) is 1.79. The fourth-order valence-electron chi connectivity index (χ4n) is 3.12. The Hall–Kier alpha value is -1.47. The van der Waals surface area contributed by atoms with Crippen LogP contribution in [-0.4, -0.2) is 44.0 Å². The fraction of sp³-hybridized carbons (Fsp3) is 0.588. The summed E-state index contributed by atoms with van der Waals surface area (Å²) in [5.41, 5.74) is 0.773. The Morgan fingerprint density at radius 2 is 2.08 bits per heavy atom. The molecule has 1 fully saturated rings. The maximum absolute atomic E-state index is 13.2. The molecule has 1 N–H and O–H groups in total. The zero-order valence-corrected chi connectivity index (χ0v) is 15.1. The quantitative estimate of drug-likeness (QED) is 0.845. The zero-order valence-electron chi connectivity index (χ0n) is 14.3. The summed E-state index contributed by atoms with van der Waals surface area (Å²) in [7, 11) is -3.26. The number of nitrogens with zero attached hydrogens (tertiary/aromatic N) is 1. The number of carbonyl (C=O) groups excluding carboxylic acids is 1. The molecule has 0 aliphatic carbocycles. The van der Waals surface area contributed by atoms with E-state index in [0.29, 0.717) is 19.5 Å². The molecular formula is C17H25FN2O3S. The van der Waals surface area contributed by atoms with Gasteiger partial charge < -0.3 is 5.32 Å². The first kappa shape index (κ1) is 18.9. The van der Waals surface area contributed by atoms with E-state index in [2.05, 4.69) is 5.32 Å². The van der Waals surface area contributed by atoms with Crippen LogP contribution in [-0.2, 0) is 21.2 Å². The van der Waals surface area contributed by atoms with Crippen LogP contribution in [0.25, 0.3) is 0 Å². The Morgan fingerprint density at radius 1 is 1.38 bits per heavy atom. The van der Waals surface area contributed by atoms with Crippen molar-refractivity contribution in [2.24, 2.45) is 11.8 Å². The molecule has 0 spiro atoms. The minimum Gasteiger partial charge on any atom is -0.352 e. The van der Waals surface area contributed by atoms with Crippen molar-refractivity contribution in [3.05, 3.63) is 35.6 Å². The molecule has 0 bridgehead atoms. The average Bonchev–Trinajstić information content (AvgIpc) is 2.89. The summed E-state index contributed by atoms with van der Waals surface area (Å²) in [6.45, 7) is 4.81. The highest BCUT2D eigenvalue weighted by Crippen LogP contribution is 2.26. The van der Waals surface area contributed by atoms with E-state index < -0.39 is 10.0 Å². The van der Waals surface area contributed by atoms with Gasteiger partial charge in [0.25, 0.3) is 0 Å². The standard InChI is InChI=1S/C17H25FN2O3S/c1-12(2)15-10-20(24(3,22)23)11-16(15)19-17(21)8-7-13-5-4-6-14(18)9-13/h4-6,9,12,15-16H,7-8,10-11H2,1-3H3,(H,19,21)/t15-,16+/m1/s1. The first-order chi connectivity index (χ1) is 11.2. The first-order valence-corrected chi connectivity index (χ1v) is 10.0. The number of benzene rings is 1. The van der Waals surface area contributed by atoms with Crippen LogP contribution in [0.15, 0.2) is 24.3 Å². The molecule has 7 heteroatoms. The summed E-state index contributed by atoms with van der Waals surface area (Å²) in [4.78, 5) is 12.2. The maximum atomic E-state index is 13.2. The lowest BCUT2D eigenvalue weighted by atomic mass is 9.91. The van der Waals surface area contributed by atoms with Crippen molar-refractivity contribution in [2.45, 2.75) is 32.7 Å². The molecule has 1 saturated heterocycles. The average molecular weight is 356 g/mol. The van der Waals surface area contributed by atoms with Gasteiger partial charge >= 0.3 is 0 Å². The fourth-order valence-corrected chi connectivity index (χ4v) is 3.99. The molecule has 0 saturated carbocycles. The Bertz CT molecular complexity index is 691. The van der Waals surface area contributed by atoms with Crippen molar-refractivity contribution in [3.8, 4) is 0 Å². The number of nitrogens with one attached hydrogen (secondary N) is 1. The van der Waals surface area contributed by atoms with Gasteiger partial charge in [0.2, 0.25) is 15.9 Å². The van der Waals surface area contributed by atoms with Crippen LogP contribution in [0, 0.1) is 17.7 Å². The lowest BCUT2D eigenvalue weighted by Gasteiger charge is -2.22. The summed E-state index contributed by atoms with van der Waals surface area (Å²) < 4.78 is 38.1. The monoisotopic (exact) mass is 356 g/mol. The minimum atomic E-state index is -3.26. The highest BCUT2D eigenvalue weighted by atomic mass is 32.2. The van der Waals surface area contributed by atoms with Gasteiger partial charge in [0, 0.05) is 25.6 Å². The molecule has 1 aliphatic rings. The number of carbonyl (C=O) groups is 1. The van der Waals surface area contributed by atoms with E-state index >= 15 is 0 Å². The molecule has 1 aliphatic heterocycles. The van der Waals surface area contributed by atoms with Gasteiger partial charge in [-0.15, -0.1) is 0 Å².